The fourth-order valence-electron chi connectivity index (χ4n) is 2.15. The van der Waals surface area contributed by atoms with Crippen LogP contribution in [0.25, 0.3) is 0 Å². The van der Waals surface area contributed by atoms with Gasteiger partial charge < -0.3 is 20.7 Å². The van der Waals surface area contributed by atoms with E-state index in [0.717, 1.165) is 43.9 Å². The third-order valence-electron chi connectivity index (χ3n) is 3.46. The number of carbonyl (C=O) groups excluding carboxylic acids is 1. The molecule has 3 N–H and O–H groups in total. The van der Waals surface area contributed by atoms with Gasteiger partial charge in [-0.25, -0.2) is 0 Å². The highest BCUT2D eigenvalue weighted by atomic mass is 16.5. The molecule has 0 heterocycles. The van der Waals surface area contributed by atoms with Gasteiger partial charge in [0.2, 0.25) is 5.91 Å². The molecule has 0 atom stereocenters. The van der Waals surface area contributed by atoms with Gasteiger partial charge in [-0.2, -0.15) is 0 Å². The van der Waals surface area contributed by atoms with Crippen LogP contribution in [0.15, 0.2) is 18.2 Å². The van der Waals surface area contributed by atoms with Crippen LogP contribution in [0.5, 0.6) is 0 Å². The number of rotatable bonds is 9. The average Bonchev–Trinajstić information content (AvgIpc) is 2.45. The lowest BCUT2D eigenvalue weighted by Crippen LogP contribution is -2.29. The third-order valence-corrected chi connectivity index (χ3v) is 3.46. The van der Waals surface area contributed by atoms with Gasteiger partial charge >= 0.3 is 0 Å². The van der Waals surface area contributed by atoms with Crippen LogP contribution >= 0.6 is 0 Å². The molecule has 1 amide bonds. The van der Waals surface area contributed by atoms with Crippen molar-refractivity contribution in [1.82, 2.24) is 4.90 Å². The summed E-state index contributed by atoms with van der Waals surface area (Å²) in [4.78, 5) is 14.2. The average molecular weight is 293 g/mol. The molecule has 5 nitrogen and oxygen atoms in total. The van der Waals surface area contributed by atoms with E-state index < -0.39 is 0 Å². The lowest BCUT2D eigenvalue weighted by atomic mass is 10.1. The standard InChI is InChI=1S/C16H27N3O2/c1-4-19(10-11-21-3)9-5-6-16(20)18-15-8-7-14(17)12-13(15)2/h7-8,12H,4-6,9-11,17H2,1-3H3,(H,18,20). The van der Waals surface area contributed by atoms with Crippen LogP contribution in [0.1, 0.15) is 25.3 Å². The first-order valence-corrected chi connectivity index (χ1v) is 7.44. The van der Waals surface area contributed by atoms with Crippen molar-refractivity contribution in [2.24, 2.45) is 0 Å². The van der Waals surface area contributed by atoms with Crippen LogP contribution in [0.4, 0.5) is 11.4 Å². The number of anilines is 2. The minimum Gasteiger partial charge on any atom is -0.399 e. The number of nitrogens with zero attached hydrogens (tertiary/aromatic N) is 1. The predicted molar refractivity (Wildman–Crippen MR) is 87.4 cm³/mol. The highest BCUT2D eigenvalue weighted by Crippen LogP contribution is 2.17. The van der Waals surface area contributed by atoms with Crippen molar-refractivity contribution >= 4 is 17.3 Å². The molecular weight excluding hydrogens is 266 g/mol. The summed E-state index contributed by atoms with van der Waals surface area (Å²) < 4.78 is 5.07. The van der Waals surface area contributed by atoms with Crippen molar-refractivity contribution in [3.63, 3.8) is 0 Å². The zero-order chi connectivity index (χ0) is 15.7. The molecule has 118 valence electrons. The summed E-state index contributed by atoms with van der Waals surface area (Å²) in [6, 6.07) is 5.50. The summed E-state index contributed by atoms with van der Waals surface area (Å²) in [5.74, 6) is 0.0469. The second kappa shape index (κ2) is 9.37. The normalized spacial score (nSPS) is 10.9. The Morgan fingerprint density at radius 2 is 2.14 bits per heavy atom. The van der Waals surface area contributed by atoms with Crippen LogP contribution in [-0.2, 0) is 9.53 Å². The summed E-state index contributed by atoms with van der Waals surface area (Å²) in [6.45, 7) is 7.58. The van der Waals surface area contributed by atoms with E-state index in [2.05, 4.69) is 17.1 Å². The van der Waals surface area contributed by atoms with Gasteiger partial charge in [0.05, 0.1) is 6.61 Å². The molecule has 0 saturated carbocycles. The molecule has 0 aromatic heterocycles. The highest BCUT2D eigenvalue weighted by molar-refractivity contribution is 5.91. The zero-order valence-corrected chi connectivity index (χ0v) is 13.3. The first kappa shape index (κ1) is 17.5. The summed E-state index contributed by atoms with van der Waals surface area (Å²) >= 11 is 0. The highest BCUT2D eigenvalue weighted by Gasteiger charge is 2.07. The Labute approximate surface area is 127 Å². The topological polar surface area (TPSA) is 67.6 Å². The van der Waals surface area contributed by atoms with E-state index in [1.165, 1.54) is 0 Å². The lowest BCUT2D eigenvalue weighted by Gasteiger charge is -2.19. The number of hydrogen-bond acceptors (Lipinski definition) is 4. The summed E-state index contributed by atoms with van der Waals surface area (Å²) in [6.07, 6.45) is 1.37. The zero-order valence-electron chi connectivity index (χ0n) is 13.3. The monoisotopic (exact) mass is 293 g/mol. The number of nitrogens with two attached hydrogens (primary N) is 1. The molecule has 0 spiro atoms. The van der Waals surface area contributed by atoms with Crippen LogP contribution in [0.2, 0.25) is 0 Å². The van der Waals surface area contributed by atoms with Gasteiger partial charge in [0, 0.05) is 31.5 Å². The fourth-order valence-corrected chi connectivity index (χ4v) is 2.15. The van der Waals surface area contributed by atoms with Crippen LogP contribution in [-0.4, -0.2) is 44.2 Å². The Hall–Kier alpha value is -1.59. The van der Waals surface area contributed by atoms with E-state index in [9.17, 15) is 4.79 Å². The lowest BCUT2D eigenvalue weighted by molar-refractivity contribution is -0.116. The van der Waals surface area contributed by atoms with Crippen molar-refractivity contribution < 1.29 is 9.53 Å². The third kappa shape index (κ3) is 6.60. The molecule has 1 aromatic rings. The molecular formula is C16H27N3O2. The molecule has 5 heteroatoms. The largest absolute Gasteiger partial charge is 0.399 e. The van der Waals surface area contributed by atoms with E-state index in [1.807, 2.05) is 19.1 Å². The maximum atomic E-state index is 11.9. The molecule has 1 aromatic carbocycles. The van der Waals surface area contributed by atoms with Gasteiger partial charge in [0.15, 0.2) is 0 Å². The first-order chi connectivity index (χ1) is 10.1. The maximum absolute atomic E-state index is 11.9. The SMILES string of the molecule is CCN(CCCC(=O)Nc1ccc(N)cc1C)CCOC. The smallest absolute Gasteiger partial charge is 0.224 e. The van der Waals surface area contributed by atoms with Gasteiger partial charge in [-0.1, -0.05) is 6.92 Å². The molecule has 0 saturated heterocycles. The van der Waals surface area contributed by atoms with Gasteiger partial charge in [-0.15, -0.1) is 0 Å². The maximum Gasteiger partial charge on any atom is 0.224 e. The predicted octanol–water partition coefficient (Wildman–Crippen LogP) is 2.26. The Balaban J connectivity index is 2.33. The Bertz CT molecular complexity index is 449. The second-order valence-corrected chi connectivity index (χ2v) is 5.15. The van der Waals surface area contributed by atoms with Gasteiger partial charge in [-0.3, -0.25) is 4.79 Å². The van der Waals surface area contributed by atoms with Crippen LogP contribution < -0.4 is 11.1 Å². The van der Waals surface area contributed by atoms with Crippen LogP contribution in [0, 0.1) is 6.92 Å². The molecule has 1 rings (SSSR count). The van der Waals surface area contributed by atoms with Crippen molar-refractivity contribution in [3.05, 3.63) is 23.8 Å². The number of carbonyl (C=O) groups is 1. The number of ether oxygens (including phenoxy) is 1. The van der Waals surface area contributed by atoms with E-state index in [-0.39, 0.29) is 5.91 Å². The molecule has 0 aliphatic carbocycles. The summed E-state index contributed by atoms with van der Waals surface area (Å²) in [5, 5.41) is 2.93. The minimum absolute atomic E-state index is 0.0469. The number of aryl methyl sites for hydroxylation is 1. The molecule has 0 aliphatic heterocycles. The van der Waals surface area contributed by atoms with E-state index in [4.69, 9.17) is 10.5 Å². The Morgan fingerprint density at radius 3 is 2.76 bits per heavy atom. The number of likely N-dealkylation sites (N-methyl/N-ethyl adjacent to an activating group) is 1. The van der Waals surface area contributed by atoms with E-state index in [1.54, 1.807) is 13.2 Å². The molecule has 0 fully saturated rings. The summed E-state index contributed by atoms with van der Waals surface area (Å²) in [5.41, 5.74) is 8.23. The number of nitrogens with one attached hydrogen (secondary N) is 1. The second-order valence-electron chi connectivity index (χ2n) is 5.15. The number of benzene rings is 1. The number of methoxy groups -OCH3 is 1. The Morgan fingerprint density at radius 1 is 1.38 bits per heavy atom. The minimum atomic E-state index is 0.0469. The van der Waals surface area contributed by atoms with Crippen molar-refractivity contribution in [2.75, 3.05) is 44.4 Å². The molecule has 0 bridgehead atoms. The molecule has 0 unspecified atom stereocenters. The summed E-state index contributed by atoms with van der Waals surface area (Å²) in [7, 11) is 1.70. The van der Waals surface area contributed by atoms with Gasteiger partial charge in [-0.05, 0) is 50.2 Å². The quantitative estimate of drug-likeness (QED) is 0.685. The number of hydrogen-bond donors (Lipinski definition) is 2. The van der Waals surface area contributed by atoms with E-state index in [0.29, 0.717) is 12.1 Å². The molecule has 21 heavy (non-hydrogen) atoms. The van der Waals surface area contributed by atoms with Crippen molar-refractivity contribution in [3.8, 4) is 0 Å². The first-order valence-electron chi connectivity index (χ1n) is 7.44. The van der Waals surface area contributed by atoms with Crippen molar-refractivity contribution in [1.29, 1.82) is 0 Å². The van der Waals surface area contributed by atoms with E-state index >= 15 is 0 Å². The fraction of sp³-hybridized carbons (Fsp3) is 0.562. The molecule has 0 radical (unpaired) electrons. The molecule has 0 aliphatic rings. The Kier molecular flexibility index (Phi) is 7.79. The number of nitrogen functional groups attached to an aromatic ring is 1. The number of amides is 1. The van der Waals surface area contributed by atoms with Crippen LogP contribution in [0.3, 0.4) is 0 Å². The van der Waals surface area contributed by atoms with Crippen molar-refractivity contribution in [2.45, 2.75) is 26.7 Å². The van der Waals surface area contributed by atoms with Gasteiger partial charge in [0.25, 0.3) is 0 Å². The van der Waals surface area contributed by atoms with Gasteiger partial charge in [0.1, 0.15) is 0 Å².